The number of phosphoric ester groups is 1. The second kappa shape index (κ2) is 12.6. The van der Waals surface area contributed by atoms with Crippen molar-refractivity contribution in [3.63, 3.8) is 0 Å². The number of methoxy groups -OCH3 is 1. The van der Waals surface area contributed by atoms with Crippen molar-refractivity contribution in [1.29, 1.82) is 0 Å². The molecule has 29 heavy (non-hydrogen) atoms. The van der Waals surface area contributed by atoms with Crippen LogP contribution in [0.25, 0.3) is 0 Å². The number of phenolic OH excluding ortho intramolecular Hbond substituents is 1. The van der Waals surface area contributed by atoms with Gasteiger partial charge in [-0.2, -0.15) is 0 Å². The molecule has 0 aliphatic carbocycles. The first kappa shape index (κ1) is 25.1. The molecule has 3 atom stereocenters. The smallest absolute Gasteiger partial charge is 0.472 e. The molecule has 0 saturated heterocycles. The zero-order chi connectivity index (χ0) is 21.9. The van der Waals surface area contributed by atoms with Gasteiger partial charge >= 0.3 is 19.8 Å². The Morgan fingerprint density at radius 2 is 1.86 bits per heavy atom. The standard InChI is InChI=1S/C18H27O10P/c1-3-15(28-29(23,24)27-11-10-17(20)21)16(25-2)12-26-18(22)9-8-13-6-4-5-7-14(13)19/h4-7,15-16,19H,3,8-12H2,1-2H3,(H,20,21)(H,23,24). The van der Waals surface area contributed by atoms with Crippen LogP contribution in [-0.2, 0) is 39.1 Å². The lowest BCUT2D eigenvalue weighted by atomic mass is 10.1. The molecule has 10 nitrogen and oxygen atoms in total. The predicted molar refractivity (Wildman–Crippen MR) is 101 cm³/mol. The third-order valence-corrected chi connectivity index (χ3v) is 5.00. The Morgan fingerprint density at radius 3 is 2.45 bits per heavy atom. The third kappa shape index (κ3) is 9.87. The lowest BCUT2D eigenvalue weighted by molar-refractivity contribution is -0.150. The van der Waals surface area contributed by atoms with Crippen molar-refractivity contribution in [3.05, 3.63) is 29.8 Å². The Kier molecular flexibility index (Phi) is 10.9. The van der Waals surface area contributed by atoms with Crippen LogP contribution in [0, 0.1) is 0 Å². The number of phenols is 1. The fraction of sp³-hybridized carbons (Fsp3) is 0.556. The van der Waals surface area contributed by atoms with Crippen molar-refractivity contribution in [2.45, 2.75) is 44.8 Å². The lowest BCUT2D eigenvalue weighted by Crippen LogP contribution is -2.35. The largest absolute Gasteiger partial charge is 0.508 e. The van der Waals surface area contributed by atoms with E-state index in [-0.39, 0.29) is 25.2 Å². The van der Waals surface area contributed by atoms with Gasteiger partial charge in [-0.3, -0.25) is 18.6 Å². The van der Waals surface area contributed by atoms with Crippen LogP contribution in [0.1, 0.15) is 31.7 Å². The maximum absolute atomic E-state index is 12.0. The second-order valence-electron chi connectivity index (χ2n) is 6.08. The molecule has 0 radical (unpaired) electrons. The maximum atomic E-state index is 12.0. The molecule has 0 saturated carbocycles. The van der Waals surface area contributed by atoms with E-state index >= 15 is 0 Å². The van der Waals surface area contributed by atoms with Gasteiger partial charge in [-0.05, 0) is 24.5 Å². The summed E-state index contributed by atoms with van der Waals surface area (Å²) in [5, 5.41) is 18.2. The lowest BCUT2D eigenvalue weighted by Gasteiger charge is -2.26. The minimum atomic E-state index is -4.51. The summed E-state index contributed by atoms with van der Waals surface area (Å²) in [5.41, 5.74) is 0.613. The summed E-state index contributed by atoms with van der Waals surface area (Å²) < 4.78 is 32.0. The van der Waals surface area contributed by atoms with Gasteiger partial charge in [-0.15, -0.1) is 0 Å². The molecule has 0 spiro atoms. The van der Waals surface area contributed by atoms with Crippen LogP contribution in [0.5, 0.6) is 5.75 Å². The van der Waals surface area contributed by atoms with Gasteiger partial charge in [0.25, 0.3) is 0 Å². The molecule has 0 aliphatic rings. The highest BCUT2D eigenvalue weighted by molar-refractivity contribution is 7.47. The van der Waals surface area contributed by atoms with Crippen LogP contribution in [0.3, 0.4) is 0 Å². The Morgan fingerprint density at radius 1 is 1.17 bits per heavy atom. The molecule has 0 bridgehead atoms. The number of hydrogen-bond donors (Lipinski definition) is 3. The van der Waals surface area contributed by atoms with E-state index < -0.39 is 45.0 Å². The SMILES string of the molecule is CCC(OP(=O)(O)OCCC(=O)O)C(COC(=O)CCc1ccccc1O)OC. The highest BCUT2D eigenvalue weighted by Crippen LogP contribution is 2.45. The van der Waals surface area contributed by atoms with E-state index in [1.165, 1.54) is 13.2 Å². The summed E-state index contributed by atoms with van der Waals surface area (Å²) in [7, 11) is -3.17. The first-order chi connectivity index (χ1) is 13.7. The number of hydrogen-bond acceptors (Lipinski definition) is 8. The zero-order valence-electron chi connectivity index (χ0n) is 16.4. The van der Waals surface area contributed by atoms with Crippen LogP contribution >= 0.6 is 7.82 Å². The molecular weight excluding hydrogens is 407 g/mol. The fourth-order valence-corrected chi connectivity index (χ4v) is 3.40. The fourth-order valence-electron chi connectivity index (χ4n) is 2.39. The number of rotatable bonds is 14. The van der Waals surface area contributed by atoms with Crippen molar-refractivity contribution in [2.75, 3.05) is 20.3 Å². The molecule has 3 N–H and O–H groups in total. The van der Waals surface area contributed by atoms with Crippen LogP contribution in [-0.4, -0.2) is 59.6 Å². The van der Waals surface area contributed by atoms with Gasteiger partial charge in [0, 0.05) is 13.5 Å². The Labute approximate surface area is 169 Å². The van der Waals surface area contributed by atoms with Gasteiger partial charge < -0.3 is 24.6 Å². The van der Waals surface area contributed by atoms with Gasteiger partial charge in [0.1, 0.15) is 18.5 Å². The van der Waals surface area contributed by atoms with E-state index in [2.05, 4.69) is 4.52 Å². The molecule has 164 valence electrons. The van der Waals surface area contributed by atoms with Gasteiger partial charge in [-0.1, -0.05) is 25.1 Å². The quantitative estimate of drug-likeness (QED) is 0.294. The van der Waals surface area contributed by atoms with Crippen molar-refractivity contribution >= 4 is 19.8 Å². The number of esters is 1. The van der Waals surface area contributed by atoms with Crippen LogP contribution < -0.4 is 0 Å². The molecule has 11 heteroatoms. The average molecular weight is 434 g/mol. The molecular formula is C18H27O10P. The number of carbonyl (C=O) groups excluding carboxylic acids is 1. The topological polar surface area (TPSA) is 149 Å². The normalized spacial score (nSPS) is 15.3. The van der Waals surface area contributed by atoms with E-state index in [0.29, 0.717) is 12.0 Å². The molecule has 1 rings (SSSR count). The van der Waals surface area contributed by atoms with Gasteiger partial charge in [0.15, 0.2) is 0 Å². The van der Waals surface area contributed by atoms with E-state index in [1.807, 2.05) is 0 Å². The van der Waals surface area contributed by atoms with Crippen molar-refractivity contribution < 1.29 is 47.8 Å². The van der Waals surface area contributed by atoms with Gasteiger partial charge in [0.2, 0.25) is 0 Å². The summed E-state index contributed by atoms with van der Waals surface area (Å²) >= 11 is 0. The first-order valence-corrected chi connectivity index (χ1v) is 10.5. The molecule has 0 amide bonds. The molecule has 0 heterocycles. The third-order valence-electron chi connectivity index (χ3n) is 3.96. The number of aliphatic carboxylic acids is 1. The van der Waals surface area contributed by atoms with Crippen molar-refractivity contribution in [2.24, 2.45) is 0 Å². The summed E-state index contributed by atoms with van der Waals surface area (Å²) in [4.78, 5) is 32.1. The molecule has 0 fully saturated rings. The molecule has 0 aliphatic heterocycles. The van der Waals surface area contributed by atoms with E-state index in [4.69, 9.17) is 19.1 Å². The molecule has 1 aromatic carbocycles. The number of aryl methyl sites for hydroxylation is 1. The van der Waals surface area contributed by atoms with E-state index in [9.17, 15) is 24.2 Å². The number of para-hydroxylation sites is 1. The number of carboxylic acid groups (broad SMARTS) is 1. The molecule has 1 aromatic rings. The van der Waals surface area contributed by atoms with Crippen LogP contribution in [0.4, 0.5) is 0 Å². The molecule has 0 aromatic heterocycles. The summed E-state index contributed by atoms with van der Waals surface area (Å²) in [5.74, 6) is -1.62. The number of benzene rings is 1. The second-order valence-corrected chi connectivity index (χ2v) is 7.49. The minimum Gasteiger partial charge on any atom is -0.508 e. The van der Waals surface area contributed by atoms with Crippen molar-refractivity contribution in [1.82, 2.24) is 0 Å². The highest BCUT2D eigenvalue weighted by atomic mass is 31.2. The first-order valence-electron chi connectivity index (χ1n) is 9.01. The Bertz CT molecular complexity index is 708. The van der Waals surface area contributed by atoms with Crippen LogP contribution in [0.2, 0.25) is 0 Å². The highest BCUT2D eigenvalue weighted by Gasteiger charge is 2.32. The molecule has 3 unspecified atom stereocenters. The van der Waals surface area contributed by atoms with Gasteiger partial charge in [0.05, 0.1) is 19.1 Å². The zero-order valence-corrected chi connectivity index (χ0v) is 17.2. The van der Waals surface area contributed by atoms with Gasteiger partial charge in [-0.25, -0.2) is 4.57 Å². The minimum absolute atomic E-state index is 0.0302. The summed E-state index contributed by atoms with van der Waals surface area (Å²) in [6, 6.07) is 6.65. The predicted octanol–water partition coefficient (Wildman–Crippen LogP) is 2.27. The number of aromatic hydroxyl groups is 1. The Balaban J connectivity index is 2.51. The monoisotopic (exact) mass is 434 g/mol. The maximum Gasteiger partial charge on any atom is 0.472 e. The van der Waals surface area contributed by atoms with E-state index in [1.54, 1.807) is 25.1 Å². The van der Waals surface area contributed by atoms with E-state index in [0.717, 1.165) is 0 Å². The summed E-state index contributed by atoms with van der Waals surface area (Å²) in [6.07, 6.45) is -1.64. The van der Waals surface area contributed by atoms with Crippen LogP contribution in [0.15, 0.2) is 24.3 Å². The number of carboxylic acids is 1. The van der Waals surface area contributed by atoms with Crippen molar-refractivity contribution in [3.8, 4) is 5.75 Å². The Hall–Kier alpha value is -1.97. The number of carbonyl (C=O) groups is 2. The number of phosphoric acid groups is 1. The average Bonchev–Trinajstić information content (AvgIpc) is 2.66. The number of ether oxygens (including phenoxy) is 2. The summed E-state index contributed by atoms with van der Waals surface area (Å²) in [6.45, 7) is 0.968.